The molecule has 0 radical (unpaired) electrons. The molecule has 2 aromatic carbocycles. The summed E-state index contributed by atoms with van der Waals surface area (Å²) in [7, 11) is 0. The van der Waals surface area contributed by atoms with E-state index in [-0.39, 0.29) is 17.9 Å². The highest BCUT2D eigenvalue weighted by Gasteiger charge is 2.27. The number of rotatable bonds is 7. The molecule has 0 saturated heterocycles. The van der Waals surface area contributed by atoms with Crippen LogP contribution >= 0.6 is 11.3 Å². The van der Waals surface area contributed by atoms with E-state index in [1.807, 2.05) is 41.8 Å². The highest BCUT2D eigenvalue weighted by Crippen LogP contribution is 2.26. The maximum atomic E-state index is 13.3. The van der Waals surface area contributed by atoms with Gasteiger partial charge in [0.05, 0.1) is 4.88 Å². The van der Waals surface area contributed by atoms with Crippen molar-refractivity contribution in [1.29, 1.82) is 0 Å². The minimum atomic E-state index is -0.0677. The molecular weight excluding hydrogens is 404 g/mol. The first kappa shape index (κ1) is 21.3. The van der Waals surface area contributed by atoms with Crippen LogP contribution in [-0.2, 0) is 19.4 Å². The van der Waals surface area contributed by atoms with Crippen molar-refractivity contribution < 1.29 is 9.59 Å². The van der Waals surface area contributed by atoms with Crippen molar-refractivity contribution in [3.8, 4) is 0 Å². The Morgan fingerprint density at radius 1 is 1.03 bits per heavy atom. The van der Waals surface area contributed by atoms with Gasteiger partial charge in [-0.05, 0) is 66.0 Å². The fourth-order valence-electron chi connectivity index (χ4n) is 4.24. The van der Waals surface area contributed by atoms with Crippen molar-refractivity contribution >= 4 is 23.2 Å². The van der Waals surface area contributed by atoms with Gasteiger partial charge in [-0.15, -0.1) is 11.3 Å². The average molecular weight is 433 g/mol. The normalized spacial score (nSPS) is 15.2. The lowest BCUT2D eigenvalue weighted by Gasteiger charge is -2.35. The summed E-state index contributed by atoms with van der Waals surface area (Å²) < 4.78 is 0. The second kappa shape index (κ2) is 9.92. The van der Waals surface area contributed by atoms with Crippen molar-refractivity contribution in [3.63, 3.8) is 0 Å². The van der Waals surface area contributed by atoms with Crippen LogP contribution in [0.1, 0.15) is 56.5 Å². The van der Waals surface area contributed by atoms with E-state index in [2.05, 4.69) is 41.4 Å². The van der Waals surface area contributed by atoms with E-state index in [1.54, 1.807) is 0 Å². The van der Waals surface area contributed by atoms with E-state index in [4.69, 9.17) is 0 Å². The fourth-order valence-corrected chi connectivity index (χ4v) is 4.88. The predicted octanol–water partition coefficient (Wildman–Crippen LogP) is 5.09. The van der Waals surface area contributed by atoms with Gasteiger partial charge < -0.3 is 10.2 Å². The number of nitrogens with zero attached hydrogens (tertiary/aromatic N) is 1. The zero-order valence-electron chi connectivity index (χ0n) is 17.8. The third-order valence-electron chi connectivity index (χ3n) is 5.89. The van der Waals surface area contributed by atoms with Crippen LogP contribution in [0.4, 0.5) is 0 Å². The van der Waals surface area contributed by atoms with Crippen LogP contribution in [0.5, 0.6) is 0 Å². The van der Waals surface area contributed by atoms with E-state index in [0.29, 0.717) is 17.0 Å². The van der Waals surface area contributed by atoms with Gasteiger partial charge in [0.1, 0.15) is 0 Å². The van der Waals surface area contributed by atoms with Crippen LogP contribution in [0, 0.1) is 0 Å². The molecule has 0 saturated carbocycles. The molecule has 0 bridgehead atoms. The summed E-state index contributed by atoms with van der Waals surface area (Å²) in [6.07, 6.45) is 3.90. The second-order valence-corrected chi connectivity index (χ2v) is 8.97. The Labute approximate surface area is 187 Å². The number of aryl methyl sites for hydroxylation is 1. The molecule has 31 heavy (non-hydrogen) atoms. The Hall–Kier alpha value is -2.92. The van der Waals surface area contributed by atoms with E-state index in [1.165, 1.54) is 22.5 Å². The monoisotopic (exact) mass is 432 g/mol. The number of benzene rings is 2. The molecule has 1 unspecified atom stereocenters. The third-order valence-corrected chi connectivity index (χ3v) is 6.75. The molecule has 0 spiro atoms. The maximum Gasteiger partial charge on any atom is 0.261 e. The molecule has 5 heteroatoms. The topological polar surface area (TPSA) is 49.4 Å². The highest BCUT2D eigenvalue weighted by atomic mass is 32.1. The Morgan fingerprint density at radius 2 is 1.81 bits per heavy atom. The molecule has 1 atom stereocenters. The molecule has 1 aliphatic carbocycles. The molecule has 2 amide bonds. The summed E-state index contributed by atoms with van der Waals surface area (Å²) in [6.45, 7) is 3.34. The van der Waals surface area contributed by atoms with Gasteiger partial charge in [-0.25, -0.2) is 0 Å². The lowest BCUT2D eigenvalue weighted by Crippen LogP contribution is -2.43. The van der Waals surface area contributed by atoms with Gasteiger partial charge in [0, 0.05) is 24.7 Å². The second-order valence-electron chi connectivity index (χ2n) is 8.02. The Morgan fingerprint density at radius 3 is 2.52 bits per heavy atom. The van der Waals surface area contributed by atoms with Gasteiger partial charge in [-0.3, -0.25) is 9.59 Å². The van der Waals surface area contributed by atoms with Gasteiger partial charge in [-0.1, -0.05) is 49.4 Å². The molecule has 0 fully saturated rings. The van der Waals surface area contributed by atoms with Gasteiger partial charge >= 0.3 is 0 Å². The zero-order chi connectivity index (χ0) is 21.6. The summed E-state index contributed by atoms with van der Waals surface area (Å²) in [5.74, 6) is 0.0299. The standard InChI is InChI=1S/C26H28N2O2S/c1-2-15-28(23-14-13-20-6-3-4-7-22(20)17-23)26(30)21-11-9-19(10-12-21)18-27-25(29)24-8-5-16-31-24/h3-12,16,23H,2,13-15,17-18H2,1H3,(H,27,29). The Kier molecular flexibility index (Phi) is 6.82. The molecule has 0 aliphatic heterocycles. The maximum absolute atomic E-state index is 13.3. The zero-order valence-corrected chi connectivity index (χ0v) is 18.7. The Balaban J connectivity index is 1.41. The molecule has 160 valence electrons. The number of hydrogen-bond donors (Lipinski definition) is 1. The molecule has 4 nitrogen and oxygen atoms in total. The van der Waals surface area contributed by atoms with Gasteiger partial charge in [0.2, 0.25) is 0 Å². The van der Waals surface area contributed by atoms with Crippen LogP contribution in [0.2, 0.25) is 0 Å². The molecule has 4 rings (SSSR count). The Bertz CT molecular complexity index is 1030. The van der Waals surface area contributed by atoms with E-state index in [0.717, 1.165) is 37.8 Å². The summed E-state index contributed by atoms with van der Waals surface area (Å²) >= 11 is 1.43. The number of carbonyl (C=O) groups excluding carboxylic acids is 2. The number of thiophene rings is 1. The number of carbonyl (C=O) groups is 2. The average Bonchev–Trinajstić information content (AvgIpc) is 3.36. The number of amides is 2. The quantitative estimate of drug-likeness (QED) is 0.565. The summed E-state index contributed by atoms with van der Waals surface area (Å²) in [5.41, 5.74) is 4.47. The van der Waals surface area contributed by atoms with Crippen LogP contribution in [-0.4, -0.2) is 29.3 Å². The lowest BCUT2D eigenvalue weighted by molar-refractivity contribution is 0.0661. The van der Waals surface area contributed by atoms with Crippen LogP contribution in [0.15, 0.2) is 66.0 Å². The van der Waals surface area contributed by atoms with Crippen molar-refractivity contribution in [2.24, 2.45) is 0 Å². The van der Waals surface area contributed by atoms with Crippen molar-refractivity contribution in [2.45, 2.75) is 45.2 Å². The molecule has 1 aliphatic rings. The van der Waals surface area contributed by atoms with E-state index < -0.39 is 0 Å². The van der Waals surface area contributed by atoms with Crippen molar-refractivity contribution in [2.75, 3.05) is 6.54 Å². The van der Waals surface area contributed by atoms with Crippen LogP contribution in [0.25, 0.3) is 0 Å². The smallest absolute Gasteiger partial charge is 0.261 e. The first-order chi connectivity index (χ1) is 15.2. The summed E-state index contributed by atoms with van der Waals surface area (Å²) in [4.78, 5) is 28.2. The highest BCUT2D eigenvalue weighted by molar-refractivity contribution is 7.12. The summed E-state index contributed by atoms with van der Waals surface area (Å²) in [5, 5.41) is 4.82. The predicted molar refractivity (Wildman–Crippen MR) is 126 cm³/mol. The van der Waals surface area contributed by atoms with Crippen molar-refractivity contribution in [1.82, 2.24) is 10.2 Å². The number of nitrogens with one attached hydrogen (secondary N) is 1. The molecule has 1 N–H and O–H groups in total. The van der Waals surface area contributed by atoms with Gasteiger partial charge in [-0.2, -0.15) is 0 Å². The van der Waals surface area contributed by atoms with Gasteiger partial charge in [0.15, 0.2) is 0 Å². The van der Waals surface area contributed by atoms with E-state index >= 15 is 0 Å². The minimum absolute atomic E-state index is 0.0677. The largest absolute Gasteiger partial charge is 0.347 e. The minimum Gasteiger partial charge on any atom is -0.347 e. The van der Waals surface area contributed by atoms with Gasteiger partial charge in [0.25, 0.3) is 11.8 Å². The van der Waals surface area contributed by atoms with Crippen LogP contribution in [0.3, 0.4) is 0 Å². The first-order valence-corrected chi connectivity index (χ1v) is 11.8. The number of hydrogen-bond acceptors (Lipinski definition) is 3. The fraction of sp³-hybridized carbons (Fsp3) is 0.308. The molecule has 3 aromatic rings. The molecule has 1 aromatic heterocycles. The van der Waals surface area contributed by atoms with Crippen molar-refractivity contribution in [3.05, 3.63) is 93.2 Å². The summed E-state index contributed by atoms with van der Waals surface area (Å²) in [6, 6.07) is 20.1. The molecular formula is C26H28N2O2S. The SMILES string of the molecule is CCCN(C(=O)c1ccc(CNC(=O)c2cccs2)cc1)C1CCc2ccccc2C1. The first-order valence-electron chi connectivity index (χ1n) is 10.9. The third kappa shape index (κ3) is 5.05. The van der Waals surface area contributed by atoms with Crippen LogP contribution < -0.4 is 5.32 Å². The lowest BCUT2D eigenvalue weighted by atomic mass is 9.87. The molecule has 1 heterocycles. The van der Waals surface area contributed by atoms with E-state index in [9.17, 15) is 9.59 Å². The number of fused-ring (bicyclic) bond motifs is 1.